The van der Waals surface area contributed by atoms with Crippen LogP contribution in [0.1, 0.15) is 181 Å². The lowest BCUT2D eigenvalue weighted by Crippen LogP contribution is -2.61. The summed E-state index contributed by atoms with van der Waals surface area (Å²) < 4.78 is 1.45. The predicted octanol–water partition coefficient (Wildman–Crippen LogP) is 15.3. The first-order valence-electron chi connectivity index (χ1n) is 24.6. The molecule has 64 heavy (non-hydrogen) atoms. The predicted molar refractivity (Wildman–Crippen MR) is 280 cm³/mol. The van der Waals surface area contributed by atoms with Gasteiger partial charge in [-0.25, -0.2) is 0 Å². The molecular weight excluding hydrogens is 792 g/mol. The third-order valence-corrected chi connectivity index (χ3v) is 18.6. The molecule has 3 heterocycles. The van der Waals surface area contributed by atoms with Crippen LogP contribution in [0.2, 0.25) is 0 Å². The van der Waals surface area contributed by atoms with Crippen LogP contribution in [0, 0.1) is 0 Å². The van der Waals surface area contributed by atoms with Crippen LogP contribution in [0.5, 0.6) is 0 Å². The second-order valence-electron chi connectivity index (χ2n) is 25.9. The highest BCUT2D eigenvalue weighted by Crippen LogP contribution is 2.59. The normalized spacial score (nSPS) is 22.8. The minimum absolute atomic E-state index is 0.000279. The van der Waals surface area contributed by atoms with Crippen LogP contribution in [-0.2, 0) is 37.9 Å². The van der Waals surface area contributed by atoms with Gasteiger partial charge in [0, 0.05) is 33.1 Å². The molecule has 2 nitrogen and oxygen atoms in total. The van der Waals surface area contributed by atoms with Gasteiger partial charge in [0.1, 0.15) is 0 Å². The second-order valence-corrected chi connectivity index (χ2v) is 27.0. The molecule has 2 aliphatic heterocycles. The number of hydrogen-bond acceptors (Lipinski definition) is 3. The molecule has 1 fully saturated rings. The van der Waals surface area contributed by atoms with Crippen molar-refractivity contribution in [1.29, 1.82) is 0 Å². The first kappa shape index (κ1) is 42.4. The van der Waals surface area contributed by atoms with Gasteiger partial charge in [0.05, 0.1) is 5.00 Å². The minimum Gasteiger partial charge on any atom is -0.311 e. The van der Waals surface area contributed by atoms with E-state index in [9.17, 15) is 0 Å². The molecule has 0 atom stereocenters. The third-order valence-electron chi connectivity index (χ3n) is 17.4. The summed E-state index contributed by atoms with van der Waals surface area (Å²) in [6, 6.07) is 35.2. The summed E-state index contributed by atoms with van der Waals surface area (Å²) in [5.74, 6) is 0. The molecule has 12 rings (SSSR count). The molecule has 0 N–H and O–H groups in total. The van der Waals surface area contributed by atoms with Gasteiger partial charge in [-0.05, 0) is 192 Å². The standard InChI is InChI=1S/C60H71BN2S/c1-54(2,3)36-16-19-39(20-17-36)62-47-23-18-37(55(4,5)6)30-46(47)61-51-41-34-44-45(60(15)28-26-59(44,14)27-29-60)35-50(41)64-53(51)63(49-32-38(56(7,8)9)31-48(62)52(49)61)40-21-22-42-43(33-40)58(12,13)25-24-57(42,10)11/h16-23,30-35H,24-29H2,1-15H3. The lowest BCUT2D eigenvalue weighted by atomic mass is 9.33. The molecular formula is C60H71BN2S. The zero-order chi connectivity index (χ0) is 45.5. The molecule has 1 saturated carbocycles. The van der Waals surface area contributed by atoms with Gasteiger partial charge in [0.2, 0.25) is 0 Å². The monoisotopic (exact) mass is 863 g/mol. The zero-order valence-corrected chi connectivity index (χ0v) is 42.5. The van der Waals surface area contributed by atoms with Crippen LogP contribution in [-0.4, -0.2) is 6.71 Å². The largest absolute Gasteiger partial charge is 0.311 e. The summed E-state index contributed by atoms with van der Waals surface area (Å²) in [5.41, 5.74) is 22.0. The van der Waals surface area contributed by atoms with E-state index in [4.69, 9.17) is 0 Å². The van der Waals surface area contributed by atoms with Crippen molar-refractivity contribution < 1.29 is 0 Å². The van der Waals surface area contributed by atoms with Crippen LogP contribution in [0.25, 0.3) is 10.1 Å². The molecule has 6 aromatic rings. The van der Waals surface area contributed by atoms with Gasteiger partial charge in [-0.1, -0.05) is 134 Å². The van der Waals surface area contributed by atoms with Crippen molar-refractivity contribution in [2.45, 2.75) is 180 Å². The summed E-state index contributed by atoms with van der Waals surface area (Å²) in [6.45, 7) is 36.4. The zero-order valence-electron chi connectivity index (χ0n) is 41.7. The van der Waals surface area contributed by atoms with Crippen molar-refractivity contribution in [3.8, 4) is 0 Å². The average molecular weight is 863 g/mol. The summed E-state index contributed by atoms with van der Waals surface area (Å²) >= 11 is 2.06. The van der Waals surface area contributed by atoms with Gasteiger partial charge in [0.15, 0.2) is 0 Å². The molecule has 4 aliphatic carbocycles. The number of rotatable bonds is 2. The average Bonchev–Trinajstić information content (AvgIpc) is 3.59. The Hall–Kier alpha value is -4.28. The number of benzene rings is 5. The Morgan fingerprint density at radius 1 is 0.453 bits per heavy atom. The van der Waals surface area contributed by atoms with Gasteiger partial charge in [-0.3, -0.25) is 0 Å². The Morgan fingerprint density at radius 3 is 1.58 bits per heavy atom. The second kappa shape index (κ2) is 13.2. The van der Waals surface area contributed by atoms with Crippen LogP contribution < -0.4 is 26.2 Å². The lowest BCUT2D eigenvalue weighted by molar-refractivity contribution is 0.188. The first-order chi connectivity index (χ1) is 29.8. The molecule has 0 unspecified atom stereocenters. The minimum atomic E-state index is -0.0731. The highest BCUT2D eigenvalue weighted by Gasteiger charge is 2.51. The van der Waals surface area contributed by atoms with Crippen LogP contribution in [0.4, 0.5) is 33.4 Å². The molecule has 0 radical (unpaired) electrons. The Kier molecular flexibility index (Phi) is 8.74. The van der Waals surface area contributed by atoms with Crippen molar-refractivity contribution in [3.05, 3.63) is 124 Å². The quantitative estimate of drug-likeness (QED) is 0.160. The highest BCUT2D eigenvalue weighted by atomic mass is 32.1. The van der Waals surface area contributed by atoms with Gasteiger partial charge in [-0.2, -0.15) is 0 Å². The fraction of sp³-hybridized carbons (Fsp3) is 0.467. The van der Waals surface area contributed by atoms with Crippen molar-refractivity contribution in [1.82, 2.24) is 0 Å². The molecule has 330 valence electrons. The number of nitrogens with zero attached hydrogens (tertiary/aromatic N) is 2. The van der Waals surface area contributed by atoms with E-state index >= 15 is 0 Å². The van der Waals surface area contributed by atoms with E-state index in [1.807, 2.05) is 0 Å². The number of anilines is 6. The maximum atomic E-state index is 2.75. The molecule has 4 heteroatoms. The van der Waals surface area contributed by atoms with E-state index in [0.717, 1.165) is 0 Å². The van der Waals surface area contributed by atoms with Crippen LogP contribution in [0.3, 0.4) is 0 Å². The number of thiophene rings is 1. The molecule has 6 aliphatic rings. The summed E-state index contributed by atoms with van der Waals surface area (Å²) in [7, 11) is 0. The molecule has 0 amide bonds. The Morgan fingerprint density at radius 2 is 0.984 bits per heavy atom. The SMILES string of the molecule is CC(C)(C)c1ccc(N2c3ccc(C(C)(C)C)cc3B3c4c2cc(C(C)(C)C)cc4N(c2ccc4c(c2)C(C)(C)CCC4(C)C)c2sc4cc5c(cc4c23)C2(C)CCC5(C)CC2)cc1. The topological polar surface area (TPSA) is 6.48 Å². The molecule has 1 aromatic heterocycles. The van der Waals surface area contributed by atoms with Crippen LogP contribution in [0.15, 0.2) is 84.9 Å². The van der Waals surface area contributed by atoms with E-state index < -0.39 is 0 Å². The summed E-state index contributed by atoms with van der Waals surface area (Å²) in [5, 5.41) is 2.87. The lowest BCUT2D eigenvalue weighted by Gasteiger charge is -2.52. The van der Waals surface area contributed by atoms with Crippen molar-refractivity contribution in [2.75, 3.05) is 9.80 Å². The van der Waals surface area contributed by atoms with Crippen molar-refractivity contribution in [2.24, 2.45) is 0 Å². The smallest absolute Gasteiger partial charge is 0.254 e. The Bertz CT molecular complexity index is 2930. The maximum Gasteiger partial charge on any atom is 0.254 e. The molecule has 0 spiro atoms. The highest BCUT2D eigenvalue weighted by molar-refractivity contribution is 7.26. The first-order valence-corrected chi connectivity index (χ1v) is 25.4. The third kappa shape index (κ3) is 6.08. The number of fused-ring (bicyclic) bond motifs is 9. The van der Waals surface area contributed by atoms with Gasteiger partial charge < -0.3 is 9.80 Å². The van der Waals surface area contributed by atoms with Crippen molar-refractivity contribution >= 4 is 78.0 Å². The molecule has 5 aromatic carbocycles. The Labute approximate surface area is 390 Å². The van der Waals surface area contributed by atoms with E-state index in [-0.39, 0.29) is 44.6 Å². The van der Waals surface area contributed by atoms with Gasteiger partial charge in [-0.15, -0.1) is 11.3 Å². The van der Waals surface area contributed by atoms with Crippen LogP contribution >= 0.6 is 11.3 Å². The number of hydrogen-bond donors (Lipinski definition) is 0. The maximum absolute atomic E-state index is 2.75. The van der Waals surface area contributed by atoms with E-state index in [1.54, 1.807) is 11.1 Å². The fourth-order valence-corrected chi connectivity index (χ4v) is 14.0. The summed E-state index contributed by atoms with van der Waals surface area (Å²) in [4.78, 5) is 5.39. The van der Waals surface area contributed by atoms with Gasteiger partial charge >= 0.3 is 0 Å². The van der Waals surface area contributed by atoms with E-state index in [1.165, 1.54) is 126 Å². The van der Waals surface area contributed by atoms with E-state index in [2.05, 4.69) is 210 Å². The van der Waals surface area contributed by atoms with Gasteiger partial charge in [0.25, 0.3) is 6.71 Å². The summed E-state index contributed by atoms with van der Waals surface area (Å²) in [6.07, 6.45) is 7.57. The van der Waals surface area contributed by atoms with E-state index in [0.29, 0.717) is 0 Å². The Balaban J connectivity index is 1.28. The fourth-order valence-electron chi connectivity index (χ4n) is 12.7. The van der Waals surface area contributed by atoms with Crippen molar-refractivity contribution in [3.63, 3.8) is 0 Å². The molecule has 0 saturated heterocycles. The molecule has 2 bridgehead atoms.